The van der Waals surface area contributed by atoms with Crippen LogP contribution >= 0.6 is 0 Å². The highest BCUT2D eigenvalue weighted by Gasteiger charge is 2.08. The number of halogens is 1. The lowest BCUT2D eigenvalue weighted by Gasteiger charge is -2.15. The van der Waals surface area contributed by atoms with Crippen molar-refractivity contribution in [2.24, 2.45) is 0 Å². The fraction of sp³-hybridized carbons (Fsp3) is 0.222. The largest absolute Gasteiger partial charge is 0.375 e. The molecule has 0 saturated heterocycles. The van der Waals surface area contributed by atoms with Crippen molar-refractivity contribution in [2.45, 2.75) is 12.8 Å². The molecule has 0 aliphatic carbocycles. The van der Waals surface area contributed by atoms with Gasteiger partial charge in [-0.15, -0.1) is 0 Å². The van der Waals surface area contributed by atoms with Crippen LogP contribution < -0.4 is 5.32 Å². The van der Waals surface area contributed by atoms with Crippen molar-refractivity contribution in [2.75, 3.05) is 5.32 Å². The molecule has 0 aromatic heterocycles. The molecular formula is C9H8FN. The molecule has 56 valence electrons. The summed E-state index contributed by atoms with van der Waals surface area (Å²) in [5, 5.41) is 2.97. The molecule has 0 bridgehead atoms. The SMILES string of the molecule is Fc1ccc2c(c1)CC[C]N2. The number of fused-ring (bicyclic) bond motifs is 1. The van der Waals surface area contributed by atoms with E-state index in [1.54, 1.807) is 12.1 Å². The summed E-state index contributed by atoms with van der Waals surface area (Å²) in [6.45, 7) is 2.99. The zero-order valence-electron chi connectivity index (χ0n) is 6.02. The van der Waals surface area contributed by atoms with Gasteiger partial charge in [-0.2, -0.15) is 0 Å². The Morgan fingerprint density at radius 2 is 2.36 bits per heavy atom. The van der Waals surface area contributed by atoms with Crippen molar-refractivity contribution in [1.29, 1.82) is 0 Å². The van der Waals surface area contributed by atoms with Crippen LogP contribution in [0.5, 0.6) is 0 Å². The fourth-order valence-electron chi connectivity index (χ4n) is 1.25. The van der Waals surface area contributed by atoms with Crippen molar-refractivity contribution >= 4 is 5.69 Å². The maximum absolute atomic E-state index is 12.6. The van der Waals surface area contributed by atoms with Gasteiger partial charge < -0.3 is 5.32 Å². The Hall–Kier alpha value is -1.05. The normalized spacial score (nSPS) is 15.4. The lowest BCUT2D eigenvalue weighted by atomic mass is 10.0. The van der Waals surface area contributed by atoms with Gasteiger partial charge >= 0.3 is 0 Å². The summed E-state index contributed by atoms with van der Waals surface area (Å²) in [6, 6.07) is 4.78. The Kier molecular flexibility index (Phi) is 1.53. The van der Waals surface area contributed by atoms with E-state index >= 15 is 0 Å². The molecular weight excluding hydrogens is 141 g/mol. The average Bonchev–Trinajstić information content (AvgIpc) is 2.04. The van der Waals surface area contributed by atoms with E-state index in [0.717, 1.165) is 24.1 Å². The molecule has 1 aromatic rings. The van der Waals surface area contributed by atoms with E-state index in [2.05, 4.69) is 11.9 Å². The van der Waals surface area contributed by atoms with Crippen LogP contribution in [0.1, 0.15) is 12.0 Å². The Morgan fingerprint density at radius 1 is 1.45 bits per heavy atom. The van der Waals surface area contributed by atoms with Gasteiger partial charge in [0.2, 0.25) is 0 Å². The summed E-state index contributed by atoms with van der Waals surface area (Å²) in [5.74, 6) is -0.160. The summed E-state index contributed by atoms with van der Waals surface area (Å²) in [7, 11) is 0. The second kappa shape index (κ2) is 2.53. The van der Waals surface area contributed by atoms with Crippen LogP contribution in [0.4, 0.5) is 10.1 Å². The van der Waals surface area contributed by atoms with Gasteiger partial charge in [-0.3, -0.25) is 0 Å². The predicted molar refractivity (Wildman–Crippen MR) is 41.6 cm³/mol. The van der Waals surface area contributed by atoms with Crippen LogP contribution in [-0.4, -0.2) is 0 Å². The number of hydrogen-bond acceptors (Lipinski definition) is 1. The van der Waals surface area contributed by atoms with Crippen LogP contribution in [-0.2, 0) is 6.42 Å². The second-order valence-electron chi connectivity index (χ2n) is 2.60. The highest BCUT2D eigenvalue weighted by atomic mass is 19.1. The molecule has 0 amide bonds. The summed E-state index contributed by atoms with van der Waals surface area (Å²) in [4.78, 5) is 0. The molecule has 2 heteroatoms. The van der Waals surface area contributed by atoms with Gasteiger partial charge in [0.1, 0.15) is 5.82 Å². The fourth-order valence-corrected chi connectivity index (χ4v) is 1.25. The average molecular weight is 149 g/mol. The molecule has 1 heterocycles. The highest BCUT2D eigenvalue weighted by Crippen LogP contribution is 2.23. The Bertz CT molecular complexity index is 270. The maximum atomic E-state index is 12.6. The quantitative estimate of drug-likeness (QED) is 0.596. The summed E-state index contributed by atoms with van der Waals surface area (Å²) in [6.07, 6.45) is 1.75. The minimum absolute atomic E-state index is 0.160. The summed E-state index contributed by atoms with van der Waals surface area (Å²) < 4.78 is 12.6. The molecule has 0 saturated carbocycles. The molecule has 2 radical (unpaired) electrons. The third-order valence-electron chi connectivity index (χ3n) is 1.81. The van der Waals surface area contributed by atoms with Crippen molar-refractivity contribution in [3.63, 3.8) is 0 Å². The molecule has 0 atom stereocenters. The first kappa shape index (κ1) is 6.65. The number of benzene rings is 1. The van der Waals surface area contributed by atoms with E-state index in [9.17, 15) is 4.39 Å². The van der Waals surface area contributed by atoms with Gasteiger partial charge in [-0.05, 0) is 36.6 Å². The second-order valence-corrected chi connectivity index (χ2v) is 2.60. The molecule has 1 aliphatic heterocycles. The smallest absolute Gasteiger partial charge is 0.123 e. The van der Waals surface area contributed by atoms with E-state index in [1.807, 2.05) is 0 Å². The lowest BCUT2D eigenvalue weighted by molar-refractivity contribution is 0.624. The van der Waals surface area contributed by atoms with E-state index in [0.29, 0.717) is 0 Å². The Morgan fingerprint density at radius 3 is 3.27 bits per heavy atom. The van der Waals surface area contributed by atoms with Crippen LogP contribution in [0.25, 0.3) is 0 Å². The van der Waals surface area contributed by atoms with Crippen molar-refractivity contribution in [3.05, 3.63) is 36.1 Å². The van der Waals surface area contributed by atoms with Gasteiger partial charge in [0.15, 0.2) is 0 Å². The van der Waals surface area contributed by atoms with E-state index < -0.39 is 0 Å². The molecule has 2 rings (SSSR count). The molecule has 1 aromatic carbocycles. The number of hydrogen-bond donors (Lipinski definition) is 1. The van der Waals surface area contributed by atoms with Crippen LogP contribution in [0.2, 0.25) is 0 Å². The van der Waals surface area contributed by atoms with E-state index in [4.69, 9.17) is 0 Å². The number of nitrogens with one attached hydrogen (secondary N) is 1. The summed E-state index contributed by atoms with van der Waals surface area (Å²) >= 11 is 0. The molecule has 0 spiro atoms. The molecule has 1 aliphatic rings. The highest BCUT2D eigenvalue weighted by molar-refractivity contribution is 5.54. The van der Waals surface area contributed by atoms with Crippen LogP contribution in [0.3, 0.4) is 0 Å². The van der Waals surface area contributed by atoms with Gasteiger partial charge in [-0.25, -0.2) is 4.39 Å². The zero-order chi connectivity index (χ0) is 7.68. The van der Waals surface area contributed by atoms with Crippen molar-refractivity contribution in [1.82, 2.24) is 0 Å². The maximum Gasteiger partial charge on any atom is 0.123 e. The summed E-state index contributed by atoms with van der Waals surface area (Å²) in [5.41, 5.74) is 2.03. The first-order valence-electron chi connectivity index (χ1n) is 3.63. The number of anilines is 1. The minimum atomic E-state index is -0.160. The topological polar surface area (TPSA) is 12.0 Å². The third-order valence-corrected chi connectivity index (χ3v) is 1.81. The standard InChI is InChI=1S/C9H8FN/c10-8-3-4-9-7(6-8)2-1-5-11-9/h3-4,6,11H,1-2H2. The third kappa shape index (κ3) is 1.20. The van der Waals surface area contributed by atoms with Crippen LogP contribution in [0, 0.1) is 12.4 Å². The van der Waals surface area contributed by atoms with Crippen molar-refractivity contribution in [3.8, 4) is 0 Å². The molecule has 0 fully saturated rings. The number of aryl methyl sites for hydroxylation is 1. The molecule has 1 N–H and O–H groups in total. The lowest BCUT2D eigenvalue weighted by Crippen LogP contribution is -2.06. The molecule has 1 nitrogen and oxygen atoms in total. The predicted octanol–water partition coefficient (Wildman–Crippen LogP) is 2.22. The van der Waals surface area contributed by atoms with Gasteiger partial charge in [0.25, 0.3) is 0 Å². The minimum Gasteiger partial charge on any atom is -0.375 e. The zero-order valence-corrected chi connectivity index (χ0v) is 6.02. The molecule has 11 heavy (non-hydrogen) atoms. The van der Waals surface area contributed by atoms with Gasteiger partial charge in [-0.1, -0.05) is 0 Å². The number of rotatable bonds is 0. The molecule has 0 unspecified atom stereocenters. The Balaban J connectivity index is 2.43. The Labute approximate surface area is 65.2 Å². The van der Waals surface area contributed by atoms with Crippen molar-refractivity contribution < 1.29 is 4.39 Å². The van der Waals surface area contributed by atoms with E-state index in [-0.39, 0.29) is 5.82 Å². The monoisotopic (exact) mass is 149 g/mol. The van der Waals surface area contributed by atoms with E-state index in [1.165, 1.54) is 6.07 Å². The first-order chi connectivity index (χ1) is 5.36. The van der Waals surface area contributed by atoms with Crippen LogP contribution in [0.15, 0.2) is 18.2 Å². The first-order valence-corrected chi connectivity index (χ1v) is 3.63. The van der Waals surface area contributed by atoms with Gasteiger partial charge in [0, 0.05) is 5.69 Å². The van der Waals surface area contributed by atoms with Gasteiger partial charge in [0.05, 0.1) is 6.54 Å².